The highest BCUT2D eigenvalue weighted by Gasteiger charge is 2.36. The van der Waals surface area contributed by atoms with Gasteiger partial charge in [-0.1, -0.05) is 152 Å². The number of aliphatic hydroxyl groups is 2. The van der Waals surface area contributed by atoms with Crippen LogP contribution in [0.15, 0.2) is 48.6 Å². The minimum Gasteiger partial charge on any atom is -0.756 e. The Balaban J connectivity index is 4.99. The van der Waals surface area contributed by atoms with Crippen LogP contribution in [0, 0.1) is 5.92 Å². The smallest absolute Gasteiger partial charge is 0.268 e. The topological polar surface area (TPSA) is 116 Å². The summed E-state index contributed by atoms with van der Waals surface area (Å²) in [6.45, 7) is 4.09. The molecule has 0 aliphatic carbocycles. The van der Waals surface area contributed by atoms with Crippen LogP contribution in [-0.4, -0.2) is 73.6 Å². The number of nitrogens with zero attached hydrogens (tertiary/aromatic N) is 1. The Morgan fingerprint density at radius 1 is 0.717 bits per heavy atom. The first-order chi connectivity index (χ1) is 25.5. The van der Waals surface area contributed by atoms with Crippen molar-refractivity contribution in [1.29, 1.82) is 0 Å². The molecule has 0 heterocycles. The van der Waals surface area contributed by atoms with E-state index in [9.17, 15) is 24.5 Å². The minimum absolute atomic E-state index is 0.0874. The molecule has 0 aromatic rings. The van der Waals surface area contributed by atoms with Gasteiger partial charge in [0.15, 0.2) is 0 Å². The molecule has 53 heavy (non-hydrogen) atoms. The Morgan fingerprint density at radius 2 is 1.17 bits per heavy atom. The van der Waals surface area contributed by atoms with Gasteiger partial charge in [0.2, 0.25) is 0 Å². The fourth-order valence-electron chi connectivity index (χ4n) is 6.15. The van der Waals surface area contributed by atoms with E-state index in [4.69, 9.17) is 9.05 Å². The van der Waals surface area contributed by atoms with E-state index in [1.54, 1.807) is 0 Å². The van der Waals surface area contributed by atoms with Crippen molar-refractivity contribution in [3.05, 3.63) is 48.6 Å². The largest absolute Gasteiger partial charge is 0.756 e. The monoisotopic (exact) mass is 770 g/mol. The lowest BCUT2D eigenvalue weighted by Crippen LogP contribution is -2.43. The third kappa shape index (κ3) is 33.7. The van der Waals surface area contributed by atoms with Crippen LogP contribution in [0.2, 0.25) is 0 Å². The molecule has 0 fully saturated rings. The fourth-order valence-corrected chi connectivity index (χ4v) is 7.10. The van der Waals surface area contributed by atoms with Gasteiger partial charge in [-0.25, -0.2) is 0 Å². The van der Waals surface area contributed by atoms with Gasteiger partial charge in [0.1, 0.15) is 31.1 Å². The van der Waals surface area contributed by atoms with Crippen LogP contribution in [0.5, 0.6) is 0 Å². The Hall–Kier alpha value is -1.38. The van der Waals surface area contributed by atoms with Gasteiger partial charge in [-0.3, -0.25) is 9.36 Å². The summed E-state index contributed by atoms with van der Waals surface area (Å²) in [4.78, 5) is 26.4. The van der Waals surface area contributed by atoms with Crippen LogP contribution in [0.3, 0.4) is 0 Å². The van der Waals surface area contributed by atoms with Gasteiger partial charge in [0.25, 0.3) is 7.82 Å². The number of phosphoric ester groups is 1. The second-order valence-electron chi connectivity index (χ2n) is 15.7. The summed E-state index contributed by atoms with van der Waals surface area (Å²) in [7, 11) is 0.911. The molecule has 0 amide bonds. The number of phosphoric acid groups is 1. The number of hydrogen-bond acceptors (Lipinski definition) is 7. The third-order valence-corrected chi connectivity index (χ3v) is 10.5. The summed E-state index contributed by atoms with van der Waals surface area (Å²) in [5, 5.41) is 20.5. The number of Topliss-reactive ketones (excluding diaryl/α,β-unsaturated/α-hetero) is 1. The zero-order valence-corrected chi connectivity index (χ0v) is 35.7. The lowest BCUT2D eigenvalue weighted by atomic mass is 9.91. The summed E-state index contributed by atoms with van der Waals surface area (Å²) in [5.41, 5.74) is 0. The average molecular weight is 770 g/mol. The quantitative estimate of drug-likeness (QED) is 0.0278. The summed E-state index contributed by atoms with van der Waals surface area (Å²) >= 11 is 0. The Bertz CT molecular complexity index is 1020. The van der Waals surface area contributed by atoms with E-state index in [0.717, 1.165) is 44.9 Å². The van der Waals surface area contributed by atoms with Crippen molar-refractivity contribution < 1.29 is 38.0 Å². The Morgan fingerprint density at radius 3 is 1.66 bits per heavy atom. The van der Waals surface area contributed by atoms with Gasteiger partial charge in [-0.2, -0.15) is 0 Å². The van der Waals surface area contributed by atoms with E-state index in [1.807, 2.05) is 21.1 Å². The molecule has 0 saturated carbocycles. The van der Waals surface area contributed by atoms with Gasteiger partial charge in [-0.15, -0.1) is 0 Å². The van der Waals surface area contributed by atoms with Crippen molar-refractivity contribution in [3.8, 4) is 0 Å². The molecule has 0 aliphatic rings. The minimum atomic E-state index is -4.85. The Kier molecular flexibility index (Phi) is 34.2. The zero-order chi connectivity index (χ0) is 39.5. The van der Waals surface area contributed by atoms with Crippen LogP contribution >= 0.6 is 7.82 Å². The van der Waals surface area contributed by atoms with Crippen molar-refractivity contribution in [2.75, 3.05) is 40.9 Å². The highest BCUT2D eigenvalue weighted by Crippen LogP contribution is 2.43. The number of carbonyl (C=O) groups excluding carboxylic acids is 1. The normalized spacial score (nSPS) is 15.6. The number of quaternary nitrogens is 1. The number of carbonyl (C=O) groups is 1. The van der Waals surface area contributed by atoms with Crippen molar-refractivity contribution >= 4 is 13.6 Å². The van der Waals surface area contributed by atoms with E-state index in [1.165, 1.54) is 77.0 Å². The first-order valence-electron chi connectivity index (χ1n) is 21.3. The molecule has 0 saturated heterocycles. The highest BCUT2D eigenvalue weighted by molar-refractivity contribution is 7.45. The molecule has 0 rings (SSSR count). The molecular formula is C44H82NO7P. The molecule has 0 aromatic carbocycles. The van der Waals surface area contributed by atoms with Crippen LogP contribution in [0.25, 0.3) is 0 Å². The van der Waals surface area contributed by atoms with Gasteiger partial charge < -0.3 is 28.6 Å². The molecule has 4 atom stereocenters. The average Bonchev–Trinajstić information content (AvgIpc) is 3.11. The number of rotatable bonds is 38. The number of unbranched alkanes of at least 4 members (excludes halogenated alkanes) is 16. The molecule has 0 aliphatic heterocycles. The van der Waals surface area contributed by atoms with Gasteiger partial charge in [-0.05, 0) is 57.8 Å². The van der Waals surface area contributed by atoms with Crippen LogP contribution < -0.4 is 4.89 Å². The molecule has 2 N–H and O–H groups in total. The van der Waals surface area contributed by atoms with Crippen LogP contribution in [0.4, 0.5) is 0 Å². The van der Waals surface area contributed by atoms with E-state index in [2.05, 4.69) is 62.5 Å². The number of allylic oxidation sites excluding steroid dienone is 8. The lowest BCUT2D eigenvalue weighted by Gasteiger charge is -2.35. The molecule has 9 heteroatoms. The highest BCUT2D eigenvalue weighted by atomic mass is 31.2. The SMILES string of the molecule is CCCCC/C=C\C/C=C\C/C=C\C/C=C\CCCC(C(=O)[14CH2]CCCCCCCCCCCCCC)C(OP(=O)([O-])OCC[N+](C)(C)C)[C@@H](O)CO. The first kappa shape index (κ1) is 51.6. The number of aliphatic hydroxyl groups excluding tert-OH is 2. The standard InChI is InChI=1S/C44H82NO7P/c1-6-8-10-12-14-16-18-20-21-22-23-25-26-28-30-32-34-36-41(44(43(48)40-46)52-53(49,50)51-39-38-45(3,4)5)42(47)37-35-33-31-29-27-24-19-17-15-13-11-9-7-2/h14,16,20-21,23,25,28,30,41,43-44,46,48H,6-13,15,17-19,22,24,26-27,29,31-40H2,1-5H3/b16-14-,21-20-,25-23-,30-28-/t41?,43-,44?/m0/s1/i37+2. The van der Waals surface area contributed by atoms with E-state index in [-0.39, 0.29) is 18.8 Å². The fraction of sp³-hybridized carbons (Fsp3) is 0.795. The van der Waals surface area contributed by atoms with Gasteiger partial charge in [0.05, 0.1) is 27.7 Å². The van der Waals surface area contributed by atoms with Crippen molar-refractivity contribution in [1.82, 2.24) is 0 Å². The molecule has 0 spiro atoms. The molecule has 3 unspecified atom stereocenters. The maximum Gasteiger partial charge on any atom is 0.268 e. The Labute approximate surface area is 326 Å². The molecular weight excluding hydrogens is 687 g/mol. The molecule has 0 bridgehead atoms. The van der Waals surface area contributed by atoms with Crippen molar-refractivity contribution in [2.24, 2.45) is 5.92 Å². The van der Waals surface area contributed by atoms with Crippen LogP contribution in [-0.2, 0) is 18.4 Å². The molecule has 310 valence electrons. The summed E-state index contributed by atoms with van der Waals surface area (Å²) in [6, 6.07) is 0. The molecule has 8 nitrogen and oxygen atoms in total. The van der Waals surface area contributed by atoms with E-state index < -0.39 is 32.6 Å². The van der Waals surface area contributed by atoms with Gasteiger partial charge in [0, 0.05) is 12.3 Å². The van der Waals surface area contributed by atoms with E-state index in [0.29, 0.717) is 36.7 Å². The molecule has 0 radical (unpaired) electrons. The third-order valence-electron chi connectivity index (χ3n) is 9.51. The zero-order valence-electron chi connectivity index (χ0n) is 34.8. The van der Waals surface area contributed by atoms with Crippen LogP contribution in [0.1, 0.15) is 168 Å². The number of likely N-dealkylation sites (N-methyl/N-ethyl adjacent to an activating group) is 1. The molecule has 0 aromatic heterocycles. The lowest BCUT2D eigenvalue weighted by molar-refractivity contribution is -0.870. The maximum atomic E-state index is 13.6. The number of hydrogen-bond donors (Lipinski definition) is 2. The summed E-state index contributed by atoms with van der Waals surface area (Å²) in [5.74, 6) is -1.01. The first-order valence-corrected chi connectivity index (χ1v) is 22.8. The van der Waals surface area contributed by atoms with Gasteiger partial charge >= 0.3 is 0 Å². The summed E-state index contributed by atoms with van der Waals surface area (Å²) < 4.78 is 23.9. The second-order valence-corrected chi connectivity index (χ2v) is 17.1. The second kappa shape index (κ2) is 35.1. The maximum absolute atomic E-state index is 13.6. The predicted octanol–water partition coefficient (Wildman–Crippen LogP) is 10.7. The number of ketones is 1. The summed E-state index contributed by atoms with van der Waals surface area (Å²) in [6.07, 6.45) is 39.6. The van der Waals surface area contributed by atoms with Crippen molar-refractivity contribution in [3.63, 3.8) is 0 Å². The predicted molar refractivity (Wildman–Crippen MR) is 222 cm³/mol. The van der Waals surface area contributed by atoms with E-state index >= 15 is 0 Å². The van der Waals surface area contributed by atoms with Crippen molar-refractivity contribution in [2.45, 2.75) is 180 Å².